The van der Waals surface area contributed by atoms with Gasteiger partial charge in [-0.05, 0) is 93.0 Å². The Morgan fingerprint density at radius 2 is 1.91 bits per heavy atom. The molecule has 33 heavy (non-hydrogen) atoms. The maximum atomic E-state index is 13.8. The van der Waals surface area contributed by atoms with E-state index in [4.69, 9.17) is 5.11 Å². The number of hydrogen-bond acceptors (Lipinski definition) is 4. The summed E-state index contributed by atoms with van der Waals surface area (Å²) in [4.78, 5) is 24.8. The maximum Gasteiger partial charge on any atom is 0.307 e. The second kappa shape index (κ2) is 8.34. The minimum absolute atomic E-state index is 0.0156. The summed E-state index contributed by atoms with van der Waals surface area (Å²) in [5.41, 5.74) is 1.23. The smallest absolute Gasteiger partial charge is 0.307 e. The Labute approximate surface area is 198 Å². The molecule has 8 atom stereocenters. The Kier molecular flexibility index (Phi) is 6.23. The fourth-order valence-electron chi connectivity index (χ4n) is 8.73. The van der Waals surface area contributed by atoms with Crippen molar-refractivity contribution in [2.24, 2.45) is 34.5 Å². The van der Waals surface area contributed by atoms with Crippen LogP contribution in [-0.2, 0) is 9.59 Å². The third kappa shape index (κ3) is 3.93. The van der Waals surface area contributed by atoms with E-state index in [1.165, 1.54) is 0 Å². The molecule has 0 radical (unpaired) electrons. The Morgan fingerprint density at radius 1 is 1.21 bits per heavy atom. The van der Waals surface area contributed by atoms with Crippen LogP contribution in [0.25, 0.3) is 0 Å². The second-order valence-corrected chi connectivity index (χ2v) is 12.4. The van der Waals surface area contributed by atoms with E-state index in [0.29, 0.717) is 31.1 Å². The standard InChI is InChI=1S/C28H42O5/c1-16(13-23(31)32)7-8-17(2)18-9-10-19-24-20(29)14-22-26(3,11-6-12-28(22,5)33)25(24)21(30)15-27(18,19)4/h17-20,22,29,33H,1,6-15H2,2-5H3,(H,31,32)/t17-,18?,19?,20+,22?,26+,27-,28+/m1/s1. The molecule has 0 aromatic carbocycles. The summed E-state index contributed by atoms with van der Waals surface area (Å²) in [5.74, 6) is 0.196. The van der Waals surface area contributed by atoms with Gasteiger partial charge in [0.2, 0.25) is 0 Å². The van der Waals surface area contributed by atoms with Crippen molar-refractivity contribution < 1.29 is 24.9 Å². The summed E-state index contributed by atoms with van der Waals surface area (Å²) >= 11 is 0. The number of Topliss-reactive ketones (excluding diaryl/α,β-unsaturated/α-hetero) is 1. The number of aliphatic carboxylic acids is 1. The van der Waals surface area contributed by atoms with Gasteiger partial charge in [-0.1, -0.05) is 32.9 Å². The Balaban J connectivity index is 1.62. The predicted octanol–water partition coefficient (Wildman–Crippen LogP) is 5.06. The number of allylic oxidation sites excluding steroid dienone is 1. The number of carbonyl (C=O) groups is 2. The van der Waals surface area contributed by atoms with Gasteiger partial charge in [0.05, 0.1) is 18.1 Å². The number of carboxylic acid groups (broad SMARTS) is 1. The monoisotopic (exact) mass is 458 g/mol. The van der Waals surface area contributed by atoms with Crippen LogP contribution in [0.5, 0.6) is 0 Å². The molecule has 0 spiro atoms. The maximum absolute atomic E-state index is 13.8. The highest BCUT2D eigenvalue weighted by Gasteiger charge is 2.62. The molecule has 4 aliphatic carbocycles. The number of rotatable bonds is 6. The van der Waals surface area contributed by atoms with Crippen molar-refractivity contribution in [2.75, 3.05) is 0 Å². The van der Waals surface area contributed by atoms with Crippen LogP contribution in [-0.4, -0.2) is 38.8 Å². The van der Waals surface area contributed by atoms with E-state index in [9.17, 15) is 19.8 Å². The lowest BCUT2D eigenvalue weighted by Gasteiger charge is -2.58. The van der Waals surface area contributed by atoms with Gasteiger partial charge in [-0.25, -0.2) is 0 Å². The summed E-state index contributed by atoms with van der Waals surface area (Å²) in [6.45, 7) is 12.5. The van der Waals surface area contributed by atoms with Crippen molar-refractivity contribution in [3.05, 3.63) is 23.3 Å². The average molecular weight is 459 g/mol. The van der Waals surface area contributed by atoms with Crippen LogP contribution < -0.4 is 0 Å². The fourth-order valence-corrected chi connectivity index (χ4v) is 8.73. The number of carbonyl (C=O) groups excluding carboxylic acids is 1. The summed E-state index contributed by atoms with van der Waals surface area (Å²) in [5, 5.41) is 31.5. The largest absolute Gasteiger partial charge is 0.481 e. The molecule has 3 N–H and O–H groups in total. The van der Waals surface area contributed by atoms with Crippen LogP contribution in [0, 0.1) is 34.5 Å². The number of hydrogen-bond donors (Lipinski definition) is 3. The Hall–Kier alpha value is -1.46. The van der Waals surface area contributed by atoms with Crippen LogP contribution in [0.15, 0.2) is 23.3 Å². The first-order valence-electron chi connectivity index (χ1n) is 12.9. The Bertz CT molecular complexity index is 885. The topological polar surface area (TPSA) is 94.8 Å². The summed E-state index contributed by atoms with van der Waals surface area (Å²) in [7, 11) is 0. The lowest BCUT2D eigenvalue weighted by atomic mass is 9.47. The first kappa shape index (κ1) is 24.7. The van der Waals surface area contributed by atoms with Gasteiger partial charge in [-0.3, -0.25) is 9.59 Å². The number of carboxylic acids is 1. The van der Waals surface area contributed by atoms with E-state index in [-0.39, 0.29) is 34.9 Å². The molecule has 4 aliphatic rings. The second-order valence-electron chi connectivity index (χ2n) is 12.4. The molecule has 0 aromatic rings. The number of ketones is 1. The zero-order chi connectivity index (χ0) is 24.3. The molecule has 4 rings (SSSR count). The molecule has 2 fully saturated rings. The molecule has 2 saturated carbocycles. The van der Waals surface area contributed by atoms with Crippen LogP contribution >= 0.6 is 0 Å². The van der Waals surface area contributed by atoms with E-state index in [0.717, 1.165) is 55.2 Å². The van der Waals surface area contributed by atoms with Gasteiger partial charge in [0.1, 0.15) is 0 Å². The molecular weight excluding hydrogens is 416 g/mol. The molecular formula is C28H42O5. The molecule has 5 heteroatoms. The molecule has 0 saturated heterocycles. The lowest BCUT2D eigenvalue weighted by molar-refractivity contribution is -0.136. The molecule has 3 unspecified atom stereocenters. The van der Waals surface area contributed by atoms with Gasteiger partial charge >= 0.3 is 5.97 Å². The van der Waals surface area contributed by atoms with Crippen molar-refractivity contribution in [2.45, 2.75) is 104 Å². The first-order valence-corrected chi connectivity index (χ1v) is 12.9. The molecule has 5 nitrogen and oxygen atoms in total. The van der Waals surface area contributed by atoms with E-state index >= 15 is 0 Å². The quantitative estimate of drug-likeness (QED) is 0.484. The molecule has 0 aromatic heterocycles. The van der Waals surface area contributed by atoms with E-state index < -0.39 is 17.7 Å². The van der Waals surface area contributed by atoms with Gasteiger partial charge in [-0.15, -0.1) is 0 Å². The summed E-state index contributed by atoms with van der Waals surface area (Å²) in [6, 6.07) is 0. The van der Waals surface area contributed by atoms with Crippen molar-refractivity contribution >= 4 is 11.8 Å². The average Bonchev–Trinajstić information content (AvgIpc) is 3.03. The van der Waals surface area contributed by atoms with Crippen molar-refractivity contribution in [3.63, 3.8) is 0 Å². The van der Waals surface area contributed by atoms with Crippen LogP contribution in [0.3, 0.4) is 0 Å². The van der Waals surface area contributed by atoms with Crippen molar-refractivity contribution in [1.29, 1.82) is 0 Å². The van der Waals surface area contributed by atoms with Crippen molar-refractivity contribution in [1.82, 2.24) is 0 Å². The Morgan fingerprint density at radius 3 is 2.58 bits per heavy atom. The van der Waals surface area contributed by atoms with Crippen LogP contribution in [0.1, 0.15) is 91.9 Å². The van der Waals surface area contributed by atoms with Gasteiger partial charge < -0.3 is 15.3 Å². The van der Waals surface area contributed by atoms with Gasteiger partial charge in [0, 0.05) is 17.4 Å². The minimum Gasteiger partial charge on any atom is -0.481 e. The highest BCUT2D eigenvalue weighted by molar-refractivity contribution is 5.99. The van der Waals surface area contributed by atoms with E-state index in [1.807, 2.05) is 6.92 Å². The molecule has 0 bridgehead atoms. The van der Waals surface area contributed by atoms with E-state index in [2.05, 4.69) is 27.4 Å². The summed E-state index contributed by atoms with van der Waals surface area (Å²) < 4.78 is 0. The molecule has 0 heterocycles. The van der Waals surface area contributed by atoms with Crippen LogP contribution in [0.4, 0.5) is 0 Å². The molecule has 0 aliphatic heterocycles. The van der Waals surface area contributed by atoms with Crippen LogP contribution in [0.2, 0.25) is 0 Å². The number of aliphatic hydroxyl groups excluding tert-OH is 1. The zero-order valence-corrected chi connectivity index (χ0v) is 20.8. The third-order valence-electron chi connectivity index (χ3n) is 10.2. The third-order valence-corrected chi connectivity index (χ3v) is 10.2. The lowest BCUT2D eigenvalue weighted by Crippen LogP contribution is -2.57. The first-order chi connectivity index (χ1) is 15.3. The van der Waals surface area contributed by atoms with Gasteiger partial charge in [0.15, 0.2) is 5.78 Å². The fraction of sp³-hybridized carbons (Fsp3) is 0.786. The molecule has 0 amide bonds. The number of fused-ring (bicyclic) bond motifs is 4. The predicted molar refractivity (Wildman–Crippen MR) is 127 cm³/mol. The zero-order valence-electron chi connectivity index (χ0n) is 20.8. The highest BCUT2D eigenvalue weighted by Crippen LogP contribution is 2.66. The minimum atomic E-state index is -0.849. The highest BCUT2D eigenvalue weighted by atomic mass is 16.4. The molecule has 184 valence electrons. The SMILES string of the molecule is C=C(CC[C@@H](C)C1CCC2C3=C(C(=O)C[C@@]21C)[C@@]1(C)CCC[C@](C)(O)C1C[C@@H]3O)CC(=O)O. The normalized spacial score (nSPS) is 43.5. The van der Waals surface area contributed by atoms with Crippen molar-refractivity contribution in [3.8, 4) is 0 Å². The van der Waals surface area contributed by atoms with E-state index in [1.54, 1.807) is 0 Å². The number of aliphatic hydroxyl groups is 2. The van der Waals surface area contributed by atoms with Gasteiger partial charge in [-0.2, -0.15) is 0 Å². The van der Waals surface area contributed by atoms with Gasteiger partial charge in [0.25, 0.3) is 0 Å². The summed E-state index contributed by atoms with van der Waals surface area (Å²) in [6.07, 6.45) is 6.55.